The van der Waals surface area contributed by atoms with Gasteiger partial charge in [0.25, 0.3) is 5.91 Å². The highest BCUT2D eigenvalue weighted by Crippen LogP contribution is 2.31. The molecule has 5 heteroatoms. The molecule has 0 spiro atoms. The number of nitrogens with zero attached hydrogens (tertiary/aromatic N) is 3. The van der Waals surface area contributed by atoms with Crippen molar-refractivity contribution in [2.24, 2.45) is 0 Å². The second-order valence-electron chi connectivity index (χ2n) is 6.61. The number of hydrogen-bond donors (Lipinski definition) is 1. The van der Waals surface area contributed by atoms with Crippen LogP contribution in [0.5, 0.6) is 0 Å². The highest BCUT2D eigenvalue weighted by molar-refractivity contribution is 6.03. The van der Waals surface area contributed by atoms with E-state index in [2.05, 4.69) is 45.3 Å². The molecule has 2 aromatic carbocycles. The van der Waals surface area contributed by atoms with Crippen LogP contribution < -0.4 is 10.2 Å². The van der Waals surface area contributed by atoms with E-state index in [4.69, 9.17) is 0 Å². The fourth-order valence-electron chi connectivity index (χ4n) is 3.49. The molecule has 3 aromatic rings. The summed E-state index contributed by atoms with van der Waals surface area (Å²) < 4.78 is 0. The molecular weight excluding hydrogens is 336 g/mol. The average molecular weight is 358 g/mol. The maximum absolute atomic E-state index is 12.5. The van der Waals surface area contributed by atoms with Crippen molar-refractivity contribution in [1.29, 1.82) is 0 Å². The predicted octanol–water partition coefficient (Wildman–Crippen LogP) is 4.38. The Morgan fingerprint density at radius 1 is 1.07 bits per heavy atom. The molecule has 0 fully saturated rings. The van der Waals surface area contributed by atoms with Crippen molar-refractivity contribution in [2.75, 3.05) is 16.8 Å². The maximum Gasteiger partial charge on any atom is 0.275 e. The summed E-state index contributed by atoms with van der Waals surface area (Å²) in [5.74, 6) is 0.529. The highest BCUT2D eigenvalue weighted by Gasteiger charge is 2.19. The minimum atomic E-state index is -0.242. The number of rotatable bonds is 4. The second-order valence-corrected chi connectivity index (χ2v) is 6.61. The number of carbonyl (C=O) groups excluding carboxylic acids is 1. The van der Waals surface area contributed by atoms with E-state index in [9.17, 15) is 4.79 Å². The number of aromatic nitrogens is 2. The topological polar surface area (TPSA) is 58.1 Å². The van der Waals surface area contributed by atoms with Crippen molar-refractivity contribution in [3.8, 4) is 0 Å². The Balaban J connectivity index is 1.54. The van der Waals surface area contributed by atoms with Crippen LogP contribution in [0, 0.1) is 0 Å². The second kappa shape index (κ2) is 7.58. The van der Waals surface area contributed by atoms with Crippen molar-refractivity contribution in [2.45, 2.75) is 26.2 Å². The third-order valence-corrected chi connectivity index (χ3v) is 4.90. The Bertz CT molecular complexity index is 953. The van der Waals surface area contributed by atoms with Gasteiger partial charge >= 0.3 is 0 Å². The van der Waals surface area contributed by atoms with Gasteiger partial charge in [-0.2, -0.15) is 0 Å². The van der Waals surface area contributed by atoms with Gasteiger partial charge in [-0.1, -0.05) is 43.3 Å². The molecule has 5 nitrogen and oxygen atoms in total. The summed E-state index contributed by atoms with van der Waals surface area (Å²) in [6.07, 6.45) is 6.25. The highest BCUT2D eigenvalue weighted by atomic mass is 16.1. The number of fused-ring (bicyclic) bond motifs is 1. The number of amides is 1. The van der Waals surface area contributed by atoms with Crippen molar-refractivity contribution >= 4 is 23.1 Å². The quantitative estimate of drug-likeness (QED) is 0.752. The van der Waals surface area contributed by atoms with Gasteiger partial charge in [-0.3, -0.25) is 4.79 Å². The van der Waals surface area contributed by atoms with Crippen LogP contribution in [0.2, 0.25) is 0 Å². The lowest BCUT2D eigenvalue weighted by molar-refractivity contribution is 0.102. The van der Waals surface area contributed by atoms with Gasteiger partial charge in [0.1, 0.15) is 5.69 Å². The van der Waals surface area contributed by atoms with Crippen molar-refractivity contribution in [3.63, 3.8) is 0 Å². The van der Waals surface area contributed by atoms with Gasteiger partial charge < -0.3 is 10.2 Å². The molecule has 0 aliphatic carbocycles. The smallest absolute Gasteiger partial charge is 0.275 e. The summed E-state index contributed by atoms with van der Waals surface area (Å²) in [4.78, 5) is 23.6. The first kappa shape index (κ1) is 17.2. The Labute approximate surface area is 159 Å². The Kier molecular flexibility index (Phi) is 4.83. The molecule has 1 aliphatic rings. The van der Waals surface area contributed by atoms with Crippen LogP contribution in [0.25, 0.3) is 0 Å². The van der Waals surface area contributed by atoms with Crippen LogP contribution >= 0.6 is 0 Å². The van der Waals surface area contributed by atoms with Gasteiger partial charge in [0.15, 0.2) is 5.82 Å². The minimum absolute atomic E-state index is 0.242. The molecule has 0 radical (unpaired) electrons. The lowest BCUT2D eigenvalue weighted by Crippen LogP contribution is -2.25. The fraction of sp³-hybridized carbons (Fsp3) is 0.227. The van der Waals surface area contributed by atoms with Gasteiger partial charge in [-0.05, 0) is 42.5 Å². The molecule has 1 aromatic heterocycles. The van der Waals surface area contributed by atoms with Gasteiger partial charge in [0, 0.05) is 17.9 Å². The van der Waals surface area contributed by atoms with E-state index in [0.29, 0.717) is 5.69 Å². The molecule has 1 aliphatic heterocycles. The number of nitrogens with one attached hydrogen (secondary N) is 1. The summed E-state index contributed by atoms with van der Waals surface area (Å²) in [5.41, 5.74) is 4.73. The van der Waals surface area contributed by atoms with Crippen molar-refractivity contribution in [3.05, 3.63) is 77.7 Å². The number of hydrogen-bond acceptors (Lipinski definition) is 4. The number of anilines is 3. The number of para-hydroxylation sites is 2. The predicted molar refractivity (Wildman–Crippen MR) is 108 cm³/mol. The molecular formula is C22H22N4O. The third kappa shape index (κ3) is 3.53. The third-order valence-electron chi connectivity index (χ3n) is 4.90. The number of carbonyl (C=O) groups is 1. The van der Waals surface area contributed by atoms with Gasteiger partial charge in [-0.15, -0.1) is 0 Å². The number of aryl methyl sites for hydroxylation is 2. The van der Waals surface area contributed by atoms with E-state index in [0.717, 1.165) is 42.9 Å². The fourth-order valence-corrected chi connectivity index (χ4v) is 3.49. The SMILES string of the molecule is CCc1ccccc1NC(=O)c1cnc(N2CCCc3ccccc32)cn1. The standard InChI is InChI=1S/C22H22N4O/c1-2-16-8-3-5-11-18(16)25-22(27)19-14-24-21(15-23-19)26-13-7-10-17-9-4-6-12-20(17)26/h3-6,8-9,11-12,14-15H,2,7,10,13H2,1H3,(H,25,27). The summed E-state index contributed by atoms with van der Waals surface area (Å²) in [6.45, 7) is 2.97. The minimum Gasteiger partial charge on any atom is -0.325 e. The summed E-state index contributed by atoms with van der Waals surface area (Å²) in [6, 6.07) is 16.2. The van der Waals surface area contributed by atoms with Gasteiger partial charge in [-0.25, -0.2) is 9.97 Å². The molecule has 0 atom stereocenters. The summed E-state index contributed by atoms with van der Waals surface area (Å²) >= 11 is 0. The summed E-state index contributed by atoms with van der Waals surface area (Å²) in [5, 5.41) is 2.94. The van der Waals surface area contributed by atoms with Gasteiger partial charge in [0.05, 0.1) is 12.4 Å². The van der Waals surface area contributed by atoms with Crippen molar-refractivity contribution in [1.82, 2.24) is 9.97 Å². The first-order chi connectivity index (χ1) is 13.3. The molecule has 4 rings (SSSR count). The molecule has 0 unspecified atom stereocenters. The molecule has 136 valence electrons. The lowest BCUT2D eigenvalue weighted by atomic mass is 10.0. The normalized spacial score (nSPS) is 13.1. The summed E-state index contributed by atoms with van der Waals surface area (Å²) in [7, 11) is 0. The van der Waals surface area contributed by atoms with Gasteiger partial charge in [0.2, 0.25) is 0 Å². The van der Waals surface area contributed by atoms with Crippen LogP contribution in [-0.2, 0) is 12.8 Å². The average Bonchev–Trinajstić information content (AvgIpc) is 2.74. The van der Waals surface area contributed by atoms with Crippen LogP contribution in [-0.4, -0.2) is 22.4 Å². The van der Waals surface area contributed by atoms with Crippen LogP contribution in [0.4, 0.5) is 17.2 Å². The van der Waals surface area contributed by atoms with Crippen LogP contribution in [0.3, 0.4) is 0 Å². The molecule has 2 heterocycles. The van der Waals surface area contributed by atoms with Crippen LogP contribution in [0.1, 0.15) is 35.0 Å². The zero-order valence-corrected chi connectivity index (χ0v) is 15.4. The Morgan fingerprint density at radius 3 is 2.70 bits per heavy atom. The van der Waals surface area contributed by atoms with Crippen molar-refractivity contribution < 1.29 is 4.79 Å². The van der Waals surface area contributed by atoms with E-state index in [-0.39, 0.29) is 5.91 Å². The van der Waals surface area contributed by atoms with Crippen LogP contribution in [0.15, 0.2) is 60.9 Å². The monoisotopic (exact) mass is 358 g/mol. The van der Waals surface area contributed by atoms with E-state index in [1.54, 1.807) is 12.4 Å². The van der Waals surface area contributed by atoms with E-state index in [1.165, 1.54) is 11.3 Å². The molecule has 27 heavy (non-hydrogen) atoms. The Hall–Kier alpha value is -3.21. The van der Waals surface area contributed by atoms with E-state index < -0.39 is 0 Å². The number of benzene rings is 2. The van der Waals surface area contributed by atoms with E-state index in [1.807, 2.05) is 30.3 Å². The maximum atomic E-state index is 12.5. The Morgan fingerprint density at radius 2 is 1.89 bits per heavy atom. The molecule has 0 bridgehead atoms. The lowest BCUT2D eigenvalue weighted by Gasteiger charge is -2.30. The van der Waals surface area contributed by atoms with E-state index >= 15 is 0 Å². The first-order valence-corrected chi connectivity index (χ1v) is 9.33. The molecule has 1 amide bonds. The first-order valence-electron chi connectivity index (χ1n) is 9.33. The molecule has 0 saturated heterocycles. The molecule has 1 N–H and O–H groups in total. The largest absolute Gasteiger partial charge is 0.325 e. The zero-order valence-electron chi connectivity index (χ0n) is 15.4. The zero-order chi connectivity index (χ0) is 18.6. The molecule has 0 saturated carbocycles.